The SMILES string of the molecule is NC1CCN(C(=O)/C=C/c2ccc3c(c2)OCO3)C1. The maximum absolute atomic E-state index is 11.9. The van der Waals surface area contributed by atoms with E-state index in [1.165, 1.54) is 0 Å². The molecule has 1 unspecified atom stereocenters. The zero-order valence-corrected chi connectivity index (χ0v) is 10.5. The average Bonchev–Trinajstić information content (AvgIpc) is 3.03. The van der Waals surface area contributed by atoms with Crippen LogP contribution < -0.4 is 15.2 Å². The third-order valence-corrected chi connectivity index (χ3v) is 3.35. The summed E-state index contributed by atoms with van der Waals surface area (Å²) in [4.78, 5) is 13.7. The molecule has 0 aliphatic carbocycles. The number of hydrogen-bond acceptors (Lipinski definition) is 4. The van der Waals surface area contributed by atoms with Gasteiger partial charge in [0.1, 0.15) is 0 Å². The second kappa shape index (κ2) is 4.93. The Morgan fingerprint density at radius 1 is 1.37 bits per heavy atom. The van der Waals surface area contributed by atoms with E-state index >= 15 is 0 Å². The second-order valence-electron chi connectivity index (χ2n) is 4.78. The lowest BCUT2D eigenvalue weighted by Gasteiger charge is -2.12. The van der Waals surface area contributed by atoms with Crippen LogP contribution in [-0.4, -0.2) is 36.7 Å². The van der Waals surface area contributed by atoms with Gasteiger partial charge in [-0.15, -0.1) is 0 Å². The molecule has 2 aliphatic rings. The molecule has 0 saturated carbocycles. The topological polar surface area (TPSA) is 64.8 Å². The van der Waals surface area contributed by atoms with Gasteiger partial charge in [0, 0.05) is 25.2 Å². The predicted octanol–water partition coefficient (Wildman–Crippen LogP) is 0.988. The molecule has 1 amide bonds. The molecule has 0 aromatic heterocycles. The Labute approximate surface area is 111 Å². The van der Waals surface area contributed by atoms with Gasteiger partial charge in [0.25, 0.3) is 0 Å². The Morgan fingerprint density at radius 2 is 2.21 bits per heavy atom. The van der Waals surface area contributed by atoms with Crippen molar-refractivity contribution in [3.63, 3.8) is 0 Å². The van der Waals surface area contributed by atoms with Gasteiger partial charge < -0.3 is 20.1 Å². The highest BCUT2D eigenvalue weighted by molar-refractivity contribution is 5.92. The first-order valence-corrected chi connectivity index (χ1v) is 6.34. The third kappa shape index (κ3) is 2.56. The van der Waals surface area contributed by atoms with E-state index in [9.17, 15) is 4.79 Å². The van der Waals surface area contributed by atoms with Crippen LogP contribution in [0.15, 0.2) is 24.3 Å². The normalized spacial score (nSPS) is 21.3. The molecule has 1 fully saturated rings. The summed E-state index contributed by atoms with van der Waals surface area (Å²) in [5.74, 6) is 1.47. The van der Waals surface area contributed by atoms with E-state index in [0.29, 0.717) is 6.54 Å². The summed E-state index contributed by atoms with van der Waals surface area (Å²) in [6.07, 6.45) is 4.24. The molecule has 0 bridgehead atoms. The molecule has 100 valence electrons. The van der Waals surface area contributed by atoms with Crippen molar-refractivity contribution in [3.05, 3.63) is 29.8 Å². The fourth-order valence-corrected chi connectivity index (χ4v) is 2.28. The molecule has 1 atom stereocenters. The van der Waals surface area contributed by atoms with Crippen LogP contribution in [0, 0.1) is 0 Å². The van der Waals surface area contributed by atoms with Crippen LogP contribution in [0.2, 0.25) is 0 Å². The van der Waals surface area contributed by atoms with E-state index in [-0.39, 0.29) is 18.7 Å². The minimum absolute atomic E-state index is 0.00520. The summed E-state index contributed by atoms with van der Waals surface area (Å²) in [7, 11) is 0. The van der Waals surface area contributed by atoms with E-state index in [2.05, 4.69) is 0 Å². The smallest absolute Gasteiger partial charge is 0.246 e. The van der Waals surface area contributed by atoms with Gasteiger partial charge in [-0.2, -0.15) is 0 Å². The first-order valence-electron chi connectivity index (χ1n) is 6.34. The highest BCUT2D eigenvalue weighted by Crippen LogP contribution is 2.32. The van der Waals surface area contributed by atoms with Crippen LogP contribution in [0.3, 0.4) is 0 Å². The molecule has 2 heterocycles. The van der Waals surface area contributed by atoms with Crippen molar-refractivity contribution in [3.8, 4) is 11.5 Å². The molecular formula is C14H16N2O3. The molecular weight excluding hydrogens is 244 g/mol. The van der Waals surface area contributed by atoms with E-state index in [0.717, 1.165) is 30.0 Å². The van der Waals surface area contributed by atoms with Crippen molar-refractivity contribution in [1.82, 2.24) is 4.90 Å². The van der Waals surface area contributed by atoms with Gasteiger partial charge in [0.15, 0.2) is 11.5 Å². The van der Waals surface area contributed by atoms with Crippen molar-refractivity contribution in [2.75, 3.05) is 19.9 Å². The van der Waals surface area contributed by atoms with Gasteiger partial charge in [-0.1, -0.05) is 6.07 Å². The first kappa shape index (κ1) is 12.0. The monoisotopic (exact) mass is 260 g/mol. The lowest BCUT2D eigenvalue weighted by Crippen LogP contribution is -2.30. The highest BCUT2D eigenvalue weighted by atomic mass is 16.7. The maximum atomic E-state index is 11.9. The van der Waals surface area contributed by atoms with Gasteiger partial charge in [-0.3, -0.25) is 4.79 Å². The molecule has 1 aromatic rings. The molecule has 2 N–H and O–H groups in total. The standard InChI is InChI=1S/C14H16N2O3/c15-11-5-6-16(8-11)14(17)4-2-10-1-3-12-13(7-10)19-9-18-12/h1-4,7,11H,5-6,8-9,15H2/b4-2+. The lowest BCUT2D eigenvalue weighted by molar-refractivity contribution is -0.124. The minimum Gasteiger partial charge on any atom is -0.454 e. The van der Waals surface area contributed by atoms with E-state index in [1.807, 2.05) is 18.2 Å². The molecule has 5 heteroatoms. The van der Waals surface area contributed by atoms with Gasteiger partial charge in [0.2, 0.25) is 12.7 Å². The molecule has 1 aromatic carbocycles. The predicted molar refractivity (Wildman–Crippen MR) is 70.8 cm³/mol. The first-order chi connectivity index (χ1) is 9.22. The summed E-state index contributed by atoms with van der Waals surface area (Å²) >= 11 is 0. The zero-order valence-electron chi connectivity index (χ0n) is 10.5. The largest absolute Gasteiger partial charge is 0.454 e. The number of hydrogen-bond donors (Lipinski definition) is 1. The van der Waals surface area contributed by atoms with Crippen molar-refractivity contribution in [2.24, 2.45) is 5.73 Å². The Kier molecular flexibility index (Phi) is 3.13. The number of carbonyl (C=O) groups is 1. The lowest BCUT2D eigenvalue weighted by atomic mass is 10.2. The number of ether oxygens (including phenoxy) is 2. The summed E-state index contributed by atoms with van der Waals surface area (Å²) in [6.45, 7) is 1.64. The van der Waals surface area contributed by atoms with Gasteiger partial charge in [-0.05, 0) is 30.2 Å². The zero-order chi connectivity index (χ0) is 13.2. The molecule has 3 rings (SSSR count). The van der Waals surface area contributed by atoms with Crippen molar-refractivity contribution in [1.29, 1.82) is 0 Å². The quantitative estimate of drug-likeness (QED) is 0.805. The van der Waals surface area contributed by atoms with Gasteiger partial charge in [0.05, 0.1) is 0 Å². The van der Waals surface area contributed by atoms with Gasteiger partial charge >= 0.3 is 0 Å². The summed E-state index contributed by atoms with van der Waals surface area (Å²) in [5.41, 5.74) is 6.70. The van der Waals surface area contributed by atoms with Crippen LogP contribution in [0.5, 0.6) is 11.5 Å². The molecule has 1 saturated heterocycles. The maximum Gasteiger partial charge on any atom is 0.246 e. The summed E-state index contributed by atoms with van der Waals surface area (Å²) in [5, 5.41) is 0. The molecule has 19 heavy (non-hydrogen) atoms. The number of carbonyl (C=O) groups excluding carboxylic acids is 1. The molecule has 2 aliphatic heterocycles. The Balaban J connectivity index is 1.67. The van der Waals surface area contributed by atoms with Gasteiger partial charge in [-0.25, -0.2) is 0 Å². The third-order valence-electron chi connectivity index (χ3n) is 3.35. The molecule has 0 spiro atoms. The summed E-state index contributed by atoms with van der Waals surface area (Å²) in [6, 6.07) is 5.72. The molecule has 5 nitrogen and oxygen atoms in total. The van der Waals surface area contributed by atoms with Crippen LogP contribution in [0.25, 0.3) is 6.08 Å². The molecule has 0 radical (unpaired) electrons. The highest BCUT2D eigenvalue weighted by Gasteiger charge is 2.21. The fourth-order valence-electron chi connectivity index (χ4n) is 2.28. The van der Waals surface area contributed by atoms with Crippen LogP contribution >= 0.6 is 0 Å². The Morgan fingerprint density at radius 3 is 3.00 bits per heavy atom. The number of rotatable bonds is 2. The van der Waals surface area contributed by atoms with Crippen LogP contribution in [0.1, 0.15) is 12.0 Å². The van der Waals surface area contributed by atoms with Crippen molar-refractivity contribution in [2.45, 2.75) is 12.5 Å². The van der Waals surface area contributed by atoms with E-state index in [4.69, 9.17) is 15.2 Å². The number of nitrogens with two attached hydrogens (primary N) is 1. The average molecular weight is 260 g/mol. The fraction of sp³-hybridized carbons (Fsp3) is 0.357. The van der Waals surface area contributed by atoms with Crippen molar-refractivity contribution >= 4 is 12.0 Å². The number of likely N-dealkylation sites (tertiary alicyclic amines) is 1. The number of benzene rings is 1. The number of fused-ring (bicyclic) bond motifs is 1. The summed E-state index contributed by atoms with van der Waals surface area (Å²) < 4.78 is 10.5. The Hall–Kier alpha value is -2.01. The van der Waals surface area contributed by atoms with E-state index < -0.39 is 0 Å². The van der Waals surface area contributed by atoms with Crippen LogP contribution in [0.4, 0.5) is 0 Å². The van der Waals surface area contributed by atoms with Crippen LogP contribution in [-0.2, 0) is 4.79 Å². The minimum atomic E-state index is 0.00520. The second-order valence-corrected chi connectivity index (χ2v) is 4.78. The number of amides is 1. The Bertz CT molecular complexity index is 527. The van der Waals surface area contributed by atoms with E-state index in [1.54, 1.807) is 17.1 Å². The van der Waals surface area contributed by atoms with Crippen molar-refractivity contribution < 1.29 is 14.3 Å². The number of nitrogens with zero attached hydrogens (tertiary/aromatic N) is 1.